The third-order valence-corrected chi connectivity index (χ3v) is 3.02. The first-order valence-electron chi connectivity index (χ1n) is 5.82. The highest BCUT2D eigenvalue weighted by molar-refractivity contribution is 5.93. The molecule has 0 radical (unpaired) electrons. The first kappa shape index (κ1) is 11.1. The van der Waals surface area contributed by atoms with Gasteiger partial charge in [-0.3, -0.25) is 9.89 Å². The summed E-state index contributed by atoms with van der Waals surface area (Å²) in [6, 6.07) is 0.568. The molecule has 0 unspecified atom stereocenters. The van der Waals surface area contributed by atoms with E-state index in [1.807, 2.05) is 4.90 Å². The van der Waals surface area contributed by atoms with Crippen LogP contribution in [0.15, 0.2) is 12.4 Å². The quantitative estimate of drug-likeness (QED) is 0.788. The summed E-state index contributed by atoms with van der Waals surface area (Å²) in [6.45, 7) is 4.78. The van der Waals surface area contributed by atoms with E-state index in [2.05, 4.69) is 22.4 Å². The lowest BCUT2D eigenvalue weighted by Gasteiger charge is -2.32. The van der Waals surface area contributed by atoms with Crippen LogP contribution in [0.2, 0.25) is 0 Å². The van der Waals surface area contributed by atoms with E-state index in [0.717, 1.165) is 32.5 Å². The van der Waals surface area contributed by atoms with Crippen LogP contribution >= 0.6 is 0 Å². The van der Waals surface area contributed by atoms with Crippen LogP contribution in [0.1, 0.15) is 30.1 Å². The van der Waals surface area contributed by atoms with Crippen LogP contribution < -0.4 is 5.32 Å². The Morgan fingerprint density at radius 2 is 2.38 bits per heavy atom. The van der Waals surface area contributed by atoms with E-state index in [1.165, 1.54) is 0 Å². The summed E-state index contributed by atoms with van der Waals surface area (Å²) >= 11 is 0. The minimum absolute atomic E-state index is 0.0868. The highest BCUT2D eigenvalue weighted by atomic mass is 16.2. The Hall–Kier alpha value is -1.36. The van der Waals surface area contributed by atoms with Crippen LogP contribution in [0.25, 0.3) is 0 Å². The zero-order valence-electron chi connectivity index (χ0n) is 9.57. The maximum Gasteiger partial charge on any atom is 0.257 e. The monoisotopic (exact) mass is 222 g/mol. The number of likely N-dealkylation sites (tertiary alicyclic amines) is 1. The number of hydrogen-bond acceptors (Lipinski definition) is 3. The molecule has 1 aliphatic heterocycles. The molecular weight excluding hydrogens is 204 g/mol. The number of carbonyl (C=O) groups is 1. The first-order valence-corrected chi connectivity index (χ1v) is 5.82. The number of carbonyl (C=O) groups excluding carboxylic acids is 1. The molecule has 1 saturated heterocycles. The second-order valence-electron chi connectivity index (χ2n) is 4.11. The van der Waals surface area contributed by atoms with Crippen LogP contribution in [0.5, 0.6) is 0 Å². The molecule has 5 heteroatoms. The zero-order valence-corrected chi connectivity index (χ0v) is 9.57. The first-order chi connectivity index (χ1) is 7.81. The third kappa shape index (κ3) is 2.41. The second-order valence-corrected chi connectivity index (χ2v) is 4.11. The number of piperidine rings is 1. The lowest BCUT2D eigenvalue weighted by molar-refractivity contribution is 0.0706. The molecule has 16 heavy (non-hydrogen) atoms. The van der Waals surface area contributed by atoms with Crippen molar-refractivity contribution in [1.29, 1.82) is 0 Å². The van der Waals surface area contributed by atoms with Crippen LogP contribution in [-0.2, 0) is 0 Å². The Labute approximate surface area is 95.2 Å². The molecule has 5 nitrogen and oxygen atoms in total. The van der Waals surface area contributed by atoms with E-state index in [-0.39, 0.29) is 5.91 Å². The van der Waals surface area contributed by atoms with E-state index in [0.29, 0.717) is 11.6 Å². The Morgan fingerprint density at radius 1 is 1.62 bits per heavy atom. The molecule has 2 rings (SSSR count). The molecule has 1 aromatic heterocycles. The van der Waals surface area contributed by atoms with Crippen molar-refractivity contribution in [1.82, 2.24) is 20.4 Å². The van der Waals surface area contributed by atoms with E-state index in [1.54, 1.807) is 12.4 Å². The topological polar surface area (TPSA) is 61.0 Å². The molecule has 2 heterocycles. The maximum atomic E-state index is 12.0. The van der Waals surface area contributed by atoms with Crippen molar-refractivity contribution in [3.63, 3.8) is 0 Å². The lowest BCUT2D eigenvalue weighted by Crippen LogP contribution is -2.44. The van der Waals surface area contributed by atoms with Crippen molar-refractivity contribution in [2.75, 3.05) is 19.6 Å². The van der Waals surface area contributed by atoms with Crippen LogP contribution in [0, 0.1) is 0 Å². The van der Waals surface area contributed by atoms with E-state index >= 15 is 0 Å². The molecule has 2 N–H and O–H groups in total. The van der Waals surface area contributed by atoms with Gasteiger partial charge in [-0.2, -0.15) is 5.10 Å². The SMILES string of the molecule is CCNC1CCN(C(=O)c2cn[nH]c2)CC1. The van der Waals surface area contributed by atoms with Gasteiger partial charge in [0.05, 0.1) is 11.8 Å². The van der Waals surface area contributed by atoms with E-state index in [9.17, 15) is 4.79 Å². The third-order valence-electron chi connectivity index (χ3n) is 3.02. The van der Waals surface area contributed by atoms with Gasteiger partial charge in [-0.1, -0.05) is 6.92 Å². The van der Waals surface area contributed by atoms with Crippen molar-refractivity contribution in [2.45, 2.75) is 25.8 Å². The summed E-state index contributed by atoms with van der Waals surface area (Å²) in [6.07, 6.45) is 5.31. The van der Waals surface area contributed by atoms with Gasteiger partial charge in [-0.05, 0) is 19.4 Å². The fraction of sp³-hybridized carbons (Fsp3) is 0.636. The summed E-state index contributed by atoms with van der Waals surface area (Å²) < 4.78 is 0. The van der Waals surface area contributed by atoms with Crippen LogP contribution in [0.4, 0.5) is 0 Å². The number of H-pyrrole nitrogens is 1. The number of aromatic amines is 1. The van der Waals surface area contributed by atoms with E-state index in [4.69, 9.17) is 0 Å². The fourth-order valence-corrected chi connectivity index (χ4v) is 2.13. The minimum Gasteiger partial charge on any atom is -0.338 e. The Kier molecular flexibility index (Phi) is 3.56. The molecule has 0 atom stereocenters. The number of aromatic nitrogens is 2. The second kappa shape index (κ2) is 5.12. The van der Waals surface area contributed by atoms with Gasteiger partial charge in [0, 0.05) is 25.3 Å². The van der Waals surface area contributed by atoms with Crippen LogP contribution in [0.3, 0.4) is 0 Å². The highest BCUT2D eigenvalue weighted by Crippen LogP contribution is 2.13. The summed E-state index contributed by atoms with van der Waals surface area (Å²) in [4.78, 5) is 13.9. The smallest absolute Gasteiger partial charge is 0.257 e. The van der Waals surface area contributed by atoms with Crippen molar-refractivity contribution in [3.05, 3.63) is 18.0 Å². The highest BCUT2D eigenvalue weighted by Gasteiger charge is 2.23. The summed E-state index contributed by atoms with van der Waals surface area (Å²) in [5, 5.41) is 9.89. The molecule has 0 spiro atoms. The Balaban J connectivity index is 1.87. The van der Waals surface area contributed by atoms with Crippen molar-refractivity contribution in [2.24, 2.45) is 0 Å². The van der Waals surface area contributed by atoms with Gasteiger partial charge in [-0.25, -0.2) is 0 Å². The molecule has 1 aromatic rings. The predicted molar refractivity (Wildman–Crippen MR) is 61.2 cm³/mol. The molecular formula is C11H18N4O. The van der Waals surface area contributed by atoms with Gasteiger partial charge in [0.2, 0.25) is 0 Å². The number of nitrogens with one attached hydrogen (secondary N) is 2. The lowest BCUT2D eigenvalue weighted by atomic mass is 10.0. The number of amides is 1. The summed E-state index contributed by atoms with van der Waals surface area (Å²) in [5.41, 5.74) is 0.655. The fourth-order valence-electron chi connectivity index (χ4n) is 2.13. The van der Waals surface area contributed by atoms with Gasteiger partial charge in [0.25, 0.3) is 5.91 Å². The minimum atomic E-state index is 0.0868. The molecule has 0 saturated carbocycles. The van der Waals surface area contributed by atoms with Crippen molar-refractivity contribution >= 4 is 5.91 Å². The number of nitrogens with zero attached hydrogens (tertiary/aromatic N) is 2. The Bertz CT molecular complexity index is 328. The van der Waals surface area contributed by atoms with Crippen molar-refractivity contribution < 1.29 is 4.79 Å². The normalized spacial score (nSPS) is 17.7. The van der Waals surface area contributed by atoms with Gasteiger partial charge >= 0.3 is 0 Å². The molecule has 1 fully saturated rings. The molecule has 0 aliphatic carbocycles. The summed E-state index contributed by atoms with van der Waals surface area (Å²) in [5.74, 6) is 0.0868. The van der Waals surface area contributed by atoms with E-state index < -0.39 is 0 Å². The average molecular weight is 222 g/mol. The standard InChI is InChI=1S/C11H18N4O/c1-2-12-10-3-5-15(6-4-10)11(16)9-7-13-14-8-9/h7-8,10,12H,2-6H2,1H3,(H,13,14). The van der Waals surface area contributed by atoms with Crippen LogP contribution in [-0.4, -0.2) is 46.7 Å². The molecule has 88 valence electrons. The van der Waals surface area contributed by atoms with Gasteiger partial charge in [0.1, 0.15) is 0 Å². The number of rotatable bonds is 3. The van der Waals surface area contributed by atoms with Gasteiger partial charge in [0.15, 0.2) is 0 Å². The number of hydrogen-bond donors (Lipinski definition) is 2. The average Bonchev–Trinajstić information content (AvgIpc) is 2.83. The Morgan fingerprint density at radius 3 is 2.94 bits per heavy atom. The zero-order chi connectivity index (χ0) is 11.4. The summed E-state index contributed by atoms with van der Waals surface area (Å²) in [7, 11) is 0. The van der Waals surface area contributed by atoms with Gasteiger partial charge < -0.3 is 10.2 Å². The molecule has 0 bridgehead atoms. The molecule has 1 amide bonds. The molecule has 1 aliphatic rings. The van der Waals surface area contributed by atoms with Crippen molar-refractivity contribution in [3.8, 4) is 0 Å². The molecule has 0 aromatic carbocycles. The largest absolute Gasteiger partial charge is 0.338 e. The maximum absolute atomic E-state index is 12.0. The van der Waals surface area contributed by atoms with Gasteiger partial charge in [-0.15, -0.1) is 0 Å². The predicted octanol–water partition coefficient (Wildman–Crippen LogP) is 0.624.